The number of benzene rings is 2. The Kier molecular flexibility index (Phi) is 4.85. The SMILES string of the molecule is COc1cc(Br)c(OC)c(C(=O)Nc2cccc(C)c2)c1. The topological polar surface area (TPSA) is 47.6 Å². The summed E-state index contributed by atoms with van der Waals surface area (Å²) in [7, 11) is 3.08. The summed E-state index contributed by atoms with van der Waals surface area (Å²) in [4.78, 5) is 12.5. The first-order valence-electron chi connectivity index (χ1n) is 6.34. The van der Waals surface area contributed by atoms with E-state index in [2.05, 4.69) is 21.2 Å². The van der Waals surface area contributed by atoms with E-state index in [1.807, 2.05) is 31.2 Å². The zero-order valence-corrected chi connectivity index (χ0v) is 13.7. The molecule has 0 aliphatic rings. The lowest BCUT2D eigenvalue weighted by molar-refractivity contribution is 0.102. The average Bonchev–Trinajstić information content (AvgIpc) is 2.46. The van der Waals surface area contributed by atoms with Crippen LogP contribution in [0.1, 0.15) is 15.9 Å². The smallest absolute Gasteiger partial charge is 0.259 e. The van der Waals surface area contributed by atoms with Crippen molar-refractivity contribution in [3.8, 4) is 11.5 Å². The van der Waals surface area contributed by atoms with E-state index in [9.17, 15) is 4.79 Å². The Labute approximate surface area is 132 Å². The highest BCUT2D eigenvalue weighted by atomic mass is 79.9. The molecule has 0 atom stereocenters. The molecule has 21 heavy (non-hydrogen) atoms. The zero-order chi connectivity index (χ0) is 15.4. The van der Waals surface area contributed by atoms with Crippen LogP contribution in [0, 0.1) is 6.92 Å². The minimum absolute atomic E-state index is 0.253. The maximum absolute atomic E-state index is 12.5. The number of methoxy groups -OCH3 is 2. The third kappa shape index (κ3) is 3.55. The molecule has 2 aromatic rings. The van der Waals surface area contributed by atoms with Crippen molar-refractivity contribution in [3.63, 3.8) is 0 Å². The lowest BCUT2D eigenvalue weighted by Crippen LogP contribution is -2.13. The number of carbonyl (C=O) groups is 1. The van der Waals surface area contributed by atoms with Crippen molar-refractivity contribution in [1.29, 1.82) is 0 Å². The van der Waals surface area contributed by atoms with Gasteiger partial charge < -0.3 is 14.8 Å². The molecular formula is C16H16BrNO3. The maximum atomic E-state index is 12.5. The number of ether oxygens (including phenoxy) is 2. The van der Waals surface area contributed by atoms with Crippen molar-refractivity contribution in [2.24, 2.45) is 0 Å². The fraction of sp³-hybridized carbons (Fsp3) is 0.188. The summed E-state index contributed by atoms with van der Waals surface area (Å²) < 4.78 is 11.1. The van der Waals surface area contributed by atoms with E-state index in [-0.39, 0.29) is 5.91 Å². The molecule has 0 bridgehead atoms. The third-order valence-electron chi connectivity index (χ3n) is 2.98. The van der Waals surface area contributed by atoms with Gasteiger partial charge in [-0.15, -0.1) is 0 Å². The van der Waals surface area contributed by atoms with Crippen LogP contribution >= 0.6 is 15.9 Å². The third-order valence-corrected chi connectivity index (χ3v) is 3.57. The molecule has 0 fully saturated rings. The molecule has 0 aromatic heterocycles. The van der Waals surface area contributed by atoms with Crippen LogP contribution < -0.4 is 14.8 Å². The average molecular weight is 350 g/mol. The Morgan fingerprint density at radius 3 is 2.52 bits per heavy atom. The molecule has 5 heteroatoms. The lowest BCUT2D eigenvalue weighted by atomic mass is 10.1. The number of amides is 1. The van der Waals surface area contributed by atoms with Gasteiger partial charge in [-0.25, -0.2) is 0 Å². The van der Waals surface area contributed by atoms with Crippen LogP contribution in [0.2, 0.25) is 0 Å². The van der Waals surface area contributed by atoms with Gasteiger partial charge in [0.1, 0.15) is 11.5 Å². The number of rotatable bonds is 4. The van der Waals surface area contributed by atoms with Gasteiger partial charge in [0.2, 0.25) is 0 Å². The number of halogens is 1. The molecule has 0 saturated heterocycles. The fourth-order valence-corrected chi connectivity index (χ4v) is 2.58. The normalized spacial score (nSPS) is 10.1. The molecule has 0 aliphatic heterocycles. The Bertz CT molecular complexity index is 671. The second-order valence-electron chi connectivity index (χ2n) is 4.51. The second-order valence-corrected chi connectivity index (χ2v) is 5.37. The van der Waals surface area contributed by atoms with E-state index in [1.54, 1.807) is 19.2 Å². The molecule has 0 unspecified atom stereocenters. The monoisotopic (exact) mass is 349 g/mol. The van der Waals surface area contributed by atoms with Crippen molar-refractivity contribution < 1.29 is 14.3 Å². The minimum atomic E-state index is -0.253. The minimum Gasteiger partial charge on any atom is -0.497 e. The van der Waals surface area contributed by atoms with Gasteiger partial charge in [0.15, 0.2) is 0 Å². The molecule has 2 aromatic carbocycles. The molecule has 4 nitrogen and oxygen atoms in total. The highest BCUT2D eigenvalue weighted by Gasteiger charge is 2.17. The number of aryl methyl sites for hydroxylation is 1. The van der Waals surface area contributed by atoms with Crippen LogP contribution in [0.25, 0.3) is 0 Å². The van der Waals surface area contributed by atoms with E-state index < -0.39 is 0 Å². The van der Waals surface area contributed by atoms with Gasteiger partial charge in [0.05, 0.1) is 24.3 Å². The van der Waals surface area contributed by atoms with Gasteiger partial charge in [-0.1, -0.05) is 12.1 Å². The standard InChI is InChI=1S/C16H16BrNO3/c1-10-5-4-6-11(7-10)18-16(19)13-8-12(20-2)9-14(17)15(13)21-3/h4-9H,1-3H3,(H,18,19). The van der Waals surface area contributed by atoms with Crippen molar-refractivity contribution in [3.05, 3.63) is 52.0 Å². The predicted molar refractivity (Wildman–Crippen MR) is 86.4 cm³/mol. The number of anilines is 1. The molecule has 110 valence electrons. The van der Waals surface area contributed by atoms with E-state index in [4.69, 9.17) is 9.47 Å². The summed E-state index contributed by atoms with van der Waals surface area (Å²) in [5.74, 6) is 0.801. The lowest BCUT2D eigenvalue weighted by Gasteiger charge is -2.13. The van der Waals surface area contributed by atoms with E-state index in [0.29, 0.717) is 21.5 Å². The summed E-state index contributed by atoms with van der Waals surface area (Å²) in [5, 5.41) is 2.86. The predicted octanol–water partition coefficient (Wildman–Crippen LogP) is 4.03. The second kappa shape index (κ2) is 6.63. The molecule has 1 amide bonds. The first-order chi connectivity index (χ1) is 10.0. The van der Waals surface area contributed by atoms with Gasteiger partial charge >= 0.3 is 0 Å². The van der Waals surface area contributed by atoms with Crippen molar-refractivity contribution in [1.82, 2.24) is 0 Å². The Hall–Kier alpha value is -2.01. The summed E-state index contributed by atoms with van der Waals surface area (Å²) in [6, 6.07) is 11.0. The first-order valence-corrected chi connectivity index (χ1v) is 7.14. The van der Waals surface area contributed by atoms with Crippen LogP contribution in [0.5, 0.6) is 11.5 Å². The Morgan fingerprint density at radius 1 is 1.14 bits per heavy atom. The van der Waals surface area contributed by atoms with E-state index in [1.165, 1.54) is 7.11 Å². The maximum Gasteiger partial charge on any atom is 0.259 e. The van der Waals surface area contributed by atoms with Gasteiger partial charge in [0, 0.05) is 5.69 Å². The summed E-state index contributed by atoms with van der Waals surface area (Å²) >= 11 is 3.38. The van der Waals surface area contributed by atoms with Crippen LogP contribution in [-0.4, -0.2) is 20.1 Å². The molecule has 2 rings (SSSR count). The molecule has 0 saturated carbocycles. The largest absolute Gasteiger partial charge is 0.497 e. The quantitative estimate of drug-likeness (QED) is 0.906. The fourth-order valence-electron chi connectivity index (χ4n) is 1.98. The Morgan fingerprint density at radius 2 is 1.90 bits per heavy atom. The summed E-state index contributed by atoms with van der Waals surface area (Å²) in [5.41, 5.74) is 2.22. The van der Waals surface area contributed by atoms with Crippen LogP contribution in [0.3, 0.4) is 0 Å². The van der Waals surface area contributed by atoms with Crippen molar-refractivity contribution in [2.45, 2.75) is 6.92 Å². The van der Waals surface area contributed by atoms with Crippen LogP contribution in [0.15, 0.2) is 40.9 Å². The molecule has 1 N–H and O–H groups in total. The molecule has 0 heterocycles. The number of nitrogens with one attached hydrogen (secondary N) is 1. The molecule has 0 aliphatic carbocycles. The molecular weight excluding hydrogens is 334 g/mol. The number of hydrogen-bond acceptors (Lipinski definition) is 3. The number of carbonyl (C=O) groups excluding carboxylic acids is 1. The van der Waals surface area contributed by atoms with Gasteiger partial charge in [-0.05, 0) is 52.7 Å². The zero-order valence-electron chi connectivity index (χ0n) is 12.1. The highest BCUT2D eigenvalue weighted by molar-refractivity contribution is 9.10. The summed E-state index contributed by atoms with van der Waals surface area (Å²) in [6.45, 7) is 1.97. The van der Waals surface area contributed by atoms with Crippen molar-refractivity contribution in [2.75, 3.05) is 19.5 Å². The Balaban J connectivity index is 2.36. The van der Waals surface area contributed by atoms with Gasteiger partial charge in [-0.2, -0.15) is 0 Å². The highest BCUT2D eigenvalue weighted by Crippen LogP contribution is 2.34. The number of hydrogen-bond donors (Lipinski definition) is 1. The first kappa shape index (κ1) is 15.4. The van der Waals surface area contributed by atoms with Crippen LogP contribution in [-0.2, 0) is 0 Å². The summed E-state index contributed by atoms with van der Waals surface area (Å²) in [6.07, 6.45) is 0. The van der Waals surface area contributed by atoms with Gasteiger partial charge in [0.25, 0.3) is 5.91 Å². The van der Waals surface area contributed by atoms with E-state index >= 15 is 0 Å². The van der Waals surface area contributed by atoms with E-state index in [0.717, 1.165) is 11.3 Å². The molecule has 0 spiro atoms. The van der Waals surface area contributed by atoms with Crippen LogP contribution in [0.4, 0.5) is 5.69 Å². The molecule has 0 radical (unpaired) electrons. The van der Waals surface area contributed by atoms with Crippen molar-refractivity contribution >= 4 is 27.5 Å². The van der Waals surface area contributed by atoms with Gasteiger partial charge in [-0.3, -0.25) is 4.79 Å².